The number of anilines is 8. The van der Waals surface area contributed by atoms with E-state index in [1.807, 2.05) is 0 Å². The maximum absolute atomic E-state index is 7.28. The number of nitrogens with zero attached hydrogens (tertiary/aromatic N) is 3. The molecule has 14 rings (SSSR count). The summed E-state index contributed by atoms with van der Waals surface area (Å²) >= 11 is 0. The van der Waals surface area contributed by atoms with Gasteiger partial charge in [0.2, 0.25) is 0 Å². The first-order valence-corrected chi connectivity index (χ1v) is 31.0. The monoisotopic (exact) mass is 1100 g/mol. The fourth-order valence-electron chi connectivity index (χ4n) is 15.0. The molecule has 422 valence electrons. The van der Waals surface area contributed by atoms with Gasteiger partial charge >= 0.3 is 6.85 Å². The summed E-state index contributed by atoms with van der Waals surface area (Å²) < 4.78 is 7.28. The third-order valence-electron chi connectivity index (χ3n) is 20.4. The van der Waals surface area contributed by atoms with Gasteiger partial charge in [0.15, 0.2) is 5.58 Å². The molecule has 0 saturated heterocycles. The maximum atomic E-state index is 7.28. The van der Waals surface area contributed by atoms with E-state index in [2.05, 4.69) is 294 Å². The molecule has 10 aromatic rings. The van der Waals surface area contributed by atoms with E-state index in [-0.39, 0.29) is 39.3 Å². The van der Waals surface area contributed by atoms with Crippen molar-refractivity contribution in [3.8, 4) is 22.3 Å². The molecule has 4 nitrogen and oxygen atoms in total. The topological polar surface area (TPSA) is 22.9 Å². The molecule has 0 atom stereocenters. The fraction of sp³-hybridized carbons (Fsp3) is 0.316. The molecular weight excluding hydrogens is 1020 g/mol. The minimum absolute atomic E-state index is 0.00410. The van der Waals surface area contributed by atoms with Crippen LogP contribution in [0.3, 0.4) is 0 Å². The molecule has 0 N–H and O–H groups in total. The molecule has 0 radical (unpaired) electrons. The fourth-order valence-corrected chi connectivity index (χ4v) is 15.0. The summed E-state index contributed by atoms with van der Waals surface area (Å²) in [6, 6.07) is 67.8. The Hall–Kier alpha value is -7.76. The van der Waals surface area contributed by atoms with Crippen LogP contribution >= 0.6 is 0 Å². The number of hydrogen-bond donors (Lipinski definition) is 0. The molecule has 4 aliphatic rings. The van der Waals surface area contributed by atoms with Gasteiger partial charge in [-0.15, -0.1) is 0 Å². The lowest BCUT2D eigenvalue weighted by molar-refractivity contribution is 0.332. The first kappa shape index (κ1) is 54.2. The number of benzene rings is 9. The summed E-state index contributed by atoms with van der Waals surface area (Å²) in [6.07, 6.45) is 4.59. The zero-order chi connectivity index (χ0) is 58.8. The van der Waals surface area contributed by atoms with Crippen molar-refractivity contribution in [2.75, 3.05) is 14.6 Å². The molecule has 0 amide bonds. The highest BCUT2D eigenvalue weighted by molar-refractivity contribution is 6.94. The van der Waals surface area contributed by atoms with Gasteiger partial charge in [-0.05, 0) is 204 Å². The molecule has 2 aliphatic heterocycles. The number of furan rings is 1. The van der Waals surface area contributed by atoms with Crippen LogP contribution < -0.4 is 25.5 Å². The van der Waals surface area contributed by atoms with Crippen molar-refractivity contribution in [1.82, 2.24) is 0 Å². The summed E-state index contributed by atoms with van der Waals surface area (Å²) in [6.45, 7) is 35.9. The molecule has 0 saturated carbocycles. The van der Waals surface area contributed by atoms with Crippen molar-refractivity contribution in [2.45, 2.75) is 162 Å². The smallest absolute Gasteiger partial charge is 0.333 e. The predicted molar refractivity (Wildman–Crippen MR) is 360 cm³/mol. The van der Waals surface area contributed by atoms with Crippen LogP contribution in [0.2, 0.25) is 0 Å². The number of para-hydroxylation sites is 1. The van der Waals surface area contributed by atoms with Crippen molar-refractivity contribution >= 4 is 85.2 Å². The standard InChI is InChI=1S/C79H82BN3O/c1-49-43-63-65(79(14,15)42-41-77(63,10)11)48-67(49)82-68-47-56(81(55-31-27-52(28-32-55)74(2,3)4)54-29-25-51(26-30-54)50-21-17-16-18-22-50)34-38-66(68)80-71-61(44-53(45-69(71)82)75(5,6)7)59-35-36-60-58-23-19-20-24-70(58)84-73(60)72(59)83(80)57-33-37-62-64(46-57)78(12,13)40-39-76(62,8)9/h16-38,43-48H,39-42H2,1-15H3. The lowest BCUT2D eigenvalue weighted by Crippen LogP contribution is -2.61. The Morgan fingerprint density at radius 1 is 0.452 bits per heavy atom. The summed E-state index contributed by atoms with van der Waals surface area (Å²) in [5, 5.41) is 2.28. The minimum Gasteiger partial charge on any atom is -0.454 e. The highest BCUT2D eigenvalue weighted by Crippen LogP contribution is 2.56. The van der Waals surface area contributed by atoms with Gasteiger partial charge in [-0.1, -0.05) is 200 Å². The van der Waals surface area contributed by atoms with Crippen LogP contribution in [0.25, 0.3) is 44.2 Å². The predicted octanol–water partition coefficient (Wildman–Crippen LogP) is 21.0. The van der Waals surface area contributed by atoms with E-state index in [4.69, 9.17) is 4.42 Å². The first-order chi connectivity index (χ1) is 39.8. The summed E-state index contributed by atoms with van der Waals surface area (Å²) in [5.74, 6) is 0. The molecule has 84 heavy (non-hydrogen) atoms. The first-order valence-electron chi connectivity index (χ1n) is 31.0. The van der Waals surface area contributed by atoms with Gasteiger partial charge in [0.1, 0.15) is 5.58 Å². The van der Waals surface area contributed by atoms with Gasteiger partial charge in [-0.25, -0.2) is 0 Å². The number of rotatable bonds is 6. The van der Waals surface area contributed by atoms with Crippen LogP contribution in [0.5, 0.6) is 0 Å². The van der Waals surface area contributed by atoms with Crippen molar-refractivity contribution in [3.05, 3.63) is 215 Å². The van der Waals surface area contributed by atoms with Crippen molar-refractivity contribution < 1.29 is 4.42 Å². The van der Waals surface area contributed by atoms with E-state index in [1.54, 1.807) is 0 Å². The Bertz CT molecular complexity index is 4290. The zero-order valence-electron chi connectivity index (χ0n) is 52.4. The highest BCUT2D eigenvalue weighted by Gasteiger charge is 2.49. The number of aryl methyl sites for hydroxylation is 1. The van der Waals surface area contributed by atoms with Crippen LogP contribution in [0, 0.1) is 6.92 Å². The molecular formula is C79H82BN3O. The van der Waals surface area contributed by atoms with E-state index < -0.39 is 0 Å². The van der Waals surface area contributed by atoms with Crippen molar-refractivity contribution in [1.29, 1.82) is 0 Å². The van der Waals surface area contributed by atoms with Crippen LogP contribution in [0.15, 0.2) is 180 Å². The van der Waals surface area contributed by atoms with Gasteiger partial charge in [0.05, 0.1) is 5.69 Å². The average Bonchev–Trinajstić information content (AvgIpc) is 1.07. The number of fused-ring (bicyclic) bond motifs is 10. The molecule has 5 heteroatoms. The molecule has 0 spiro atoms. The Morgan fingerprint density at radius 2 is 1.02 bits per heavy atom. The maximum Gasteiger partial charge on any atom is 0.333 e. The van der Waals surface area contributed by atoms with E-state index in [0.29, 0.717) is 0 Å². The lowest BCUT2D eigenvalue weighted by atomic mass is 9.43. The summed E-state index contributed by atoms with van der Waals surface area (Å²) in [7, 11) is 0. The lowest BCUT2D eigenvalue weighted by Gasteiger charge is -2.48. The quantitative estimate of drug-likeness (QED) is 0.155. The second kappa shape index (κ2) is 18.6. The summed E-state index contributed by atoms with van der Waals surface area (Å²) in [5.41, 5.74) is 28.2. The molecule has 2 aliphatic carbocycles. The van der Waals surface area contributed by atoms with Crippen molar-refractivity contribution in [2.24, 2.45) is 0 Å². The van der Waals surface area contributed by atoms with Gasteiger partial charge in [0, 0.05) is 56.1 Å². The molecule has 1 aromatic heterocycles. The molecule has 3 heterocycles. The van der Waals surface area contributed by atoms with E-state index in [9.17, 15) is 0 Å². The van der Waals surface area contributed by atoms with E-state index in [0.717, 1.165) is 70.4 Å². The third kappa shape index (κ3) is 8.52. The van der Waals surface area contributed by atoms with Crippen LogP contribution in [0.1, 0.15) is 162 Å². The second-order valence-corrected chi connectivity index (χ2v) is 30.0. The van der Waals surface area contributed by atoms with Crippen LogP contribution in [0.4, 0.5) is 45.5 Å². The average molecular weight is 1100 g/mol. The van der Waals surface area contributed by atoms with Gasteiger partial charge in [0.25, 0.3) is 0 Å². The van der Waals surface area contributed by atoms with Gasteiger partial charge < -0.3 is 19.0 Å². The second-order valence-electron chi connectivity index (χ2n) is 30.0. The SMILES string of the molecule is Cc1cc2c(cc1N1c3cc(N(c4ccc(-c5ccccc5)cc4)c4ccc(C(C)(C)C)cc4)ccc3B3c4c(cc(C(C)(C)C)cc41)-c1ccc4c(oc5ccccc54)c1N3c1ccc3c(c1)C(C)(C)CCC3(C)C)C(C)(C)CCC2(C)C. The minimum atomic E-state index is -0.230. The number of hydrogen-bond acceptors (Lipinski definition) is 4. The Balaban J connectivity index is 1.10. The molecule has 0 fully saturated rings. The Labute approximate surface area is 500 Å². The molecule has 0 unspecified atom stereocenters. The van der Waals surface area contributed by atoms with E-state index >= 15 is 0 Å². The third-order valence-corrected chi connectivity index (χ3v) is 20.4. The molecule has 0 bridgehead atoms. The zero-order valence-corrected chi connectivity index (χ0v) is 52.4. The van der Waals surface area contributed by atoms with Crippen molar-refractivity contribution in [3.63, 3.8) is 0 Å². The summed E-state index contributed by atoms with van der Waals surface area (Å²) in [4.78, 5) is 7.90. The largest absolute Gasteiger partial charge is 0.454 e. The van der Waals surface area contributed by atoms with E-state index in [1.165, 1.54) is 94.9 Å². The highest BCUT2D eigenvalue weighted by atomic mass is 16.3. The van der Waals surface area contributed by atoms with Crippen LogP contribution in [-0.4, -0.2) is 6.85 Å². The van der Waals surface area contributed by atoms with Crippen LogP contribution in [-0.2, 0) is 32.5 Å². The van der Waals surface area contributed by atoms with Gasteiger partial charge in [-0.3, -0.25) is 0 Å². The molecule has 9 aromatic carbocycles. The normalized spacial score (nSPS) is 17.1. The Morgan fingerprint density at radius 3 is 1.68 bits per heavy atom. The van der Waals surface area contributed by atoms with Gasteiger partial charge in [-0.2, -0.15) is 0 Å². The Kier molecular flexibility index (Phi) is 12.0.